The van der Waals surface area contributed by atoms with Crippen LogP contribution in [0.1, 0.15) is 12.5 Å². The first-order chi connectivity index (χ1) is 8.02. The number of hydrogen-bond acceptors (Lipinski definition) is 4. The van der Waals surface area contributed by atoms with Gasteiger partial charge < -0.3 is 10.8 Å². The molecule has 102 valence electrons. The van der Waals surface area contributed by atoms with E-state index in [1.165, 1.54) is 6.92 Å². The lowest BCUT2D eigenvalue weighted by Gasteiger charge is -2.18. The van der Waals surface area contributed by atoms with E-state index in [1.54, 1.807) is 0 Å². The highest BCUT2D eigenvalue weighted by Gasteiger charge is 2.27. The van der Waals surface area contributed by atoms with Gasteiger partial charge in [0.2, 0.25) is 0 Å². The maximum atomic E-state index is 10.7. The molecule has 0 radical (unpaired) electrons. The molecule has 0 saturated carbocycles. The minimum absolute atomic E-state index is 0.350. The summed E-state index contributed by atoms with van der Waals surface area (Å²) in [6.45, 7) is 1.52. The van der Waals surface area contributed by atoms with Gasteiger partial charge >= 0.3 is 16.4 Å². The average Bonchev–Trinajstić information content (AvgIpc) is 2.15. The molecule has 0 bridgehead atoms. The van der Waals surface area contributed by atoms with Gasteiger partial charge in [-0.15, -0.1) is 0 Å². The smallest absolute Gasteiger partial charge is 0.394 e. The number of benzene rings is 1. The van der Waals surface area contributed by atoms with Crippen LogP contribution in [0.4, 0.5) is 0 Å². The summed E-state index contributed by atoms with van der Waals surface area (Å²) in [4.78, 5) is 10.7. The zero-order valence-electron chi connectivity index (χ0n) is 9.65. The molecule has 7 nitrogen and oxygen atoms in total. The van der Waals surface area contributed by atoms with Gasteiger partial charge in [0.1, 0.15) is 5.54 Å². The fourth-order valence-electron chi connectivity index (χ4n) is 1.10. The summed E-state index contributed by atoms with van der Waals surface area (Å²) in [7, 11) is -4.67. The van der Waals surface area contributed by atoms with Crippen molar-refractivity contribution in [2.45, 2.75) is 18.9 Å². The van der Waals surface area contributed by atoms with E-state index in [0.717, 1.165) is 5.56 Å². The molecule has 1 aromatic carbocycles. The molecule has 0 aliphatic heterocycles. The van der Waals surface area contributed by atoms with Crippen molar-refractivity contribution in [2.24, 2.45) is 5.73 Å². The molecule has 1 rings (SSSR count). The van der Waals surface area contributed by atoms with Gasteiger partial charge in [0, 0.05) is 6.42 Å². The predicted octanol–water partition coefficient (Wildman–Crippen LogP) is 0.378. The number of carboxylic acids is 1. The minimum Gasteiger partial charge on any atom is -0.480 e. The van der Waals surface area contributed by atoms with E-state index >= 15 is 0 Å². The van der Waals surface area contributed by atoms with Gasteiger partial charge in [0.05, 0.1) is 0 Å². The van der Waals surface area contributed by atoms with E-state index in [1.807, 2.05) is 30.3 Å². The van der Waals surface area contributed by atoms with Crippen molar-refractivity contribution in [1.82, 2.24) is 0 Å². The van der Waals surface area contributed by atoms with Crippen molar-refractivity contribution in [1.29, 1.82) is 0 Å². The van der Waals surface area contributed by atoms with Crippen LogP contribution in [0.5, 0.6) is 0 Å². The average molecular weight is 277 g/mol. The fraction of sp³-hybridized carbons (Fsp3) is 0.300. The molecule has 0 aliphatic carbocycles. The maximum absolute atomic E-state index is 10.7. The summed E-state index contributed by atoms with van der Waals surface area (Å²) in [5.74, 6) is -0.976. The van der Waals surface area contributed by atoms with Crippen molar-refractivity contribution in [3.63, 3.8) is 0 Å². The minimum atomic E-state index is -4.67. The molecule has 8 heteroatoms. The van der Waals surface area contributed by atoms with Gasteiger partial charge in [0.25, 0.3) is 0 Å². The second kappa shape index (κ2) is 6.45. The Kier molecular flexibility index (Phi) is 5.92. The van der Waals surface area contributed by atoms with Gasteiger partial charge in [-0.2, -0.15) is 8.42 Å². The zero-order chi connectivity index (χ0) is 14.4. The molecule has 5 N–H and O–H groups in total. The molecule has 0 unspecified atom stereocenters. The third-order valence-electron chi connectivity index (χ3n) is 1.90. The summed E-state index contributed by atoms with van der Waals surface area (Å²) >= 11 is 0. The SMILES string of the molecule is C[C@](N)(Cc1ccccc1)C(=O)O.O=S(=O)(O)O. The summed E-state index contributed by atoms with van der Waals surface area (Å²) in [6.07, 6.45) is 0.350. The van der Waals surface area contributed by atoms with Crippen LogP contribution in [0.15, 0.2) is 30.3 Å². The first-order valence-electron chi connectivity index (χ1n) is 4.78. The third-order valence-corrected chi connectivity index (χ3v) is 1.90. The van der Waals surface area contributed by atoms with Crippen LogP contribution < -0.4 is 5.73 Å². The largest absolute Gasteiger partial charge is 0.480 e. The number of rotatable bonds is 3. The maximum Gasteiger partial charge on any atom is 0.394 e. The Morgan fingerprint density at radius 2 is 1.67 bits per heavy atom. The normalized spacial score (nSPS) is 14.0. The number of hydrogen-bond donors (Lipinski definition) is 4. The highest BCUT2D eigenvalue weighted by molar-refractivity contribution is 7.79. The van der Waals surface area contributed by atoms with Gasteiger partial charge in [-0.25, -0.2) is 0 Å². The number of carboxylic acid groups (broad SMARTS) is 1. The van der Waals surface area contributed by atoms with Crippen molar-refractivity contribution in [3.8, 4) is 0 Å². The van der Waals surface area contributed by atoms with Crippen molar-refractivity contribution in [2.75, 3.05) is 0 Å². The van der Waals surface area contributed by atoms with E-state index in [-0.39, 0.29) is 0 Å². The molecule has 0 heterocycles. The van der Waals surface area contributed by atoms with Crippen molar-refractivity contribution < 1.29 is 27.4 Å². The summed E-state index contributed by atoms with van der Waals surface area (Å²) < 4.78 is 31.6. The van der Waals surface area contributed by atoms with Crippen LogP contribution in [0.3, 0.4) is 0 Å². The van der Waals surface area contributed by atoms with E-state index in [4.69, 9.17) is 28.4 Å². The highest BCUT2D eigenvalue weighted by Crippen LogP contribution is 2.10. The molecule has 0 spiro atoms. The standard InChI is InChI=1S/C10H13NO2.H2O4S/c1-10(11,9(12)13)7-8-5-3-2-4-6-8;1-5(2,3)4/h2-6H,7,11H2,1H3,(H,12,13);(H2,1,2,3,4)/t10-;/m0./s1. The topological polar surface area (TPSA) is 138 Å². The Balaban J connectivity index is 0.000000494. The molecule has 0 amide bonds. The molecular formula is C10H15NO6S. The van der Waals surface area contributed by atoms with E-state index in [9.17, 15) is 4.79 Å². The van der Waals surface area contributed by atoms with Crippen LogP contribution in [0.25, 0.3) is 0 Å². The van der Waals surface area contributed by atoms with Crippen LogP contribution in [-0.2, 0) is 21.6 Å². The molecule has 0 aromatic heterocycles. The Morgan fingerprint density at radius 1 is 1.28 bits per heavy atom. The van der Waals surface area contributed by atoms with E-state index in [2.05, 4.69) is 0 Å². The zero-order valence-corrected chi connectivity index (χ0v) is 10.5. The van der Waals surface area contributed by atoms with E-state index in [0.29, 0.717) is 6.42 Å². The Bertz CT molecular complexity index is 474. The molecule has 18 heavy (non-hydrogen) atoms. The van der Waals surface area contributed by atoms with Crippen LogP contribution in [-0.4, -0.2) is 34.1 Å². The molecule has 0 saturated heterocycles. The number of carbonyl (C=O) groups is 1. The fourth-order valence-corrected chi connectivity index (χ4v) is 1.10. The van der Waals surface area contributed by atoms with Crippen LogP contribution in [0, 0.1) is 0 Å². The molecular weight excluding hydrogens is 262 g/mol. The lowest BCUT2D eigenvalue weighted by molar-refractivity contribution is -0.142. The first-order valence-corrected chi connectivity index (χ1v) is 6.18. The van der Waals surface area contributed by atoms with Gasteiger partial charge in [-0.3, -0.25) is 13.9 Å². The predicted molar refractivity (Wildman–Crippen MR) is 64.6 cm³/mol. The highest BCUT2D eigenvalue weighted by atomic mass is 32.3. The molecule has 1 aromatic rings. The molecule has 0 aliphatic rings. The van der Waals surface area contributed by atoms with Crippen LogP contribution in [0.2, 0.25) is 0 Å². The first kappa shape index (κ1) is 16.5. The van der Waals surface area contributed by atoms with Gasteiger partial charge in [0.15, 0.2) is 0 Å². The molecule has 0 fully saturated rings. The van der Waals surface area contributed by atoms with E-state index < -0.39 is 21.9 Å². The summed E-state index contributed by atoms with van der Waals surface area (Å²) in [5.41, 5.74) is 5.35. The number of aliphatic carboxylic acids is 1. The van der Waals surface area contributed by atoms with Gasteiger partial charge in [-0.1, -0.05) is 30.3 Å². The Labute approximate surface area is 105 Å². The Hall–Kier alpha value is -1.48. The lowest BCUT2D eigenvalue weighted by Crippen LogP contribution is -2.46. The second-order valence-corrected chi connectivity index (χ2v) is 4.73. The number of nitrogens with two attached hydrogens (primary N) is 1. The quantitative estimate of drug-likeness (QED) is 0.586. The Morgan fingerprint density at radius 3 is 2.00 bits per heavy atom. The van der Waals surface area contributed by atoms with Crippen molar-refractivity contribution >= 4 is 16.4 Å². The third kappa shape index (κ3) is 8.65. The van der Waals surface area contributed by atoms with Crippen LogP contribution >= 0.6 is 0 Å². The second-order valence-electron chi connectivity index (χ2n) is 3.83. The van der Waals surface area contributed by atoms with Crippen molar-refractivity contribution in [3.05, 3.63) is 35.9 Å². The van der Waals surface area contributed by atoms with Gasteiger partial charge in [-0.05, 0) is 12.5 Å². The lowest BCUT2D eigenvalue weighted by atomic mass is 9.94. The summed E-state index contributed by atoms with van der Waals surface area (Å²) in [6, 6.07) is 9.36. The monoisotopic (exact) mass is 277 g/mol. The summed E-state index contributed by atoms with van der Waals surface area (Å²) in [5, 5.41) is 8.78. The molecule has 1 atom stereocenters.